The van der Waals surface area contributed by atoms with Gasteiger partial charge >= 0.3 is 0 Å². The van der Waals surface area contributed by atoms with Crippen molar-refractivity contribution in [2.45, 2.75) is 20.8 Å². The van der Waals surface area contributed by atoms with E-state index >= 15 is 0 Å². The Balaban J connectivity index is 2.53. The lowest BCUT2D eigenvalue weighted by atomic mass is 10.0. The Morgan fingerprint density at radius 1 is 0.947 bits per heavy atom. The molecule has 0 radical (unpaired) electrons. The van der Waals surface area contributed by atoms with Crippen LogP contribution in [0.25, 0.3) is 0 Å². The van der Waals surface area contributed by atoms with Gasteiger partial charge in [0, 0.05) is 12.7 Å². The molecule has 0 saturated carbocycles. The second-order valence-electron chi connectivity index (χ2n) is 4.95. The summed E-state index contributed by atoms with van der Waals surface area (Å²) in [5.41, 5.74) is 11.3. The maximum atomic E-state index is 13.5. The topological polar surface area (TPSA) is 29.3 Å². The summed E-state index contributed by atoms with van der Waals surface area (Å²) >= 11 is 0. The van der Waals surface area contributed by atoms with Crippen LogP contribution in [0.15, 0.2) is 30.3 Å². The highest BCUT2D eigenvalue weighted by Crippen LogP contribution is 2.33. The maximum absolute atomic E-state index is 13.5. The quantitative estimate of drug-likeness (QED) is 0.822. The molecular formula is C16H19FN2. The molecule has 2 nitrogen and oxygen atoms in total. The minimum absolute atomic E-state index is 0.183. The van der Waals surface area contributed by atoms with E-state index in [-0.39, 0.29) is 11.5 Å². The first-order chi connectivity index (χ1) is 8.91. The largest absolute Gasteiger partial charge is 0.395 e. The summed E-state index contributed by atoms with van der Waals surface area (Å²) in [5, 5.41) is 0. The van der Waals surface area contributed by atoms with Crippen molar-refractivity contribution < 1.29 is 4.39 Å². The highest BCUT2D eigenvalue weighted by atomic mass is 19.1. The lowest BCUT2D eigenvalue weighted by molar-refractivity contribution is 0.632. The van der Waals surface area contributed by atoms with Gasteiger partial charge in [0.2, 0.25) is 0 Å². The van der Waals surface area contributed by atoms with E-state index in [4.69, 9.17) is 5.73 Å². The number of nitrogens with zero attached hydrogens (tertiary/aromatic N) is 1. The Kier molecular flexibility index (Phi) is 3.47. The van der Waals surface area contributed by atoms with E-state index in [2.05, 4.69) is 26.0 Å². The average molecular weight is 258 g/mol. The van der Waals surface area contributed by atoms with Gasteiger partial charge in [-0.1, -0.05) is 12.1 Å². The van der Waals surface area contributed by atoms with Crippen molar-refractivity contribution >= 4 is 17.1 Å². The summed E-state index contributed by atoms with van der Waals surface area (Å²) in [6, 6.07) is 9.12. The fraction of sp³-hybridized carbons (Fsp3) is 0.250. The third-order valence-electron chi connectivity index (χ3n) is 3.56. The fourth-order valence-corrected chi connectivity index (χ4v) is 2.25. The molecule has 0 spiro atoms. The molecule has 0 saturated heterocycles. The number of nitrogens with two attached hydrogens (primary N) is 1. The van der Waals surface area contributed by atoms with E-state index in [1.807, 2.05) is 24.9 Å². The molecule has 0 unspecified atom stereocenters. The number of rotatable bonds is 2. The van der Waals surface area contributed by atoms with Crippen molar-refractivity contribution in [3.63, 3.8) is 0 Å². The van der Waals surface area contributed by atoms with Gasteiger partial charge in [-0.2, -0.15) is 0 Å². The Morgan fingerprint density at radius 2 is 1.58 bits per heavy atom. The van der Waals surface area contributed by atoms with Crippen LogP contribution in [-0.2, 0) is 0 Å². The van der Waals surface area contributed by atoms with Crippen molar-refractivity contribution in [1.82, 2.24) is 0 Å². The molecule has 100 valence electrons. The van der Waals surface area contributed by atoms with Gasteiger partial charge in [0.1, 0.15) is 5.82 Å². The smallest absolute Gasteiger partial charge is 0.148 e. The fourth-order valence-electron chi connectivity index (χ4n) is 2.25. The van der Waals surface area contributed by atoms with Crippen molar-refractivity contribution in [3.05, 3.63) is 52.8 Å². The minimum atomic E-state index is -0.383. The number of benzene rings is 2. The number of nitrogen functional groups attached to an aromatic ring is 1. The molecule has 0 aliphatic heterocycles. The molecule has 0 fully saturated rings. The molecule has 2 N–H and O–H groups in total. The number of para-hydroxylation sites is 1. The zero-order chi connectivity index (χ0) is 14.2. The minimum Gasteiger partial charge on any atom is -0.395 e. The molecule has 2 rings (SSSR count). The van der Waals surface area contributed by atoms with Crippen LogP contribution in [0.2, 0.25) is 0 Å². The molecule has 0 aromatic heterocycles. The van der Waals surface area contributed by atoms with Crippen LogP contribution in [0.4, 0.5) is 21.5 Å². The van der Waals surface area contributed by atoms with Crippen LogP contribution in [0.3, 0.4) is 0 Å². The molecular weight excluding hydrogens is 239 g/mol. The number of hydrogen-bond donors (Lipinski definition) is 1. The first-order valence-electron chi connectivity index (χ1n) is 6.27. The highest BCUT2D eigenvalue weighted by molar-refractivity contribution is 5.76. The molecule has 3 heteroatoms. The molecule has 0 aliphatic rings. The van der Waals surface area contributed by atoms with Crippen molar-refractivity contribution in [2.24, 2.45) is 0 Å². The molecule has 0 heterocycles. The van der Waals surface area contributed by atoms with Crippen molar-refractivity contribution in [2.75, 3.05) is 17.7 Å². The molecule has 2 aromatic carbocycles. The van der Waals surface area contributed by atoms with E-state index < -0.39 is 0 Å². The molecule has 0 bridgehead atoms. The number of anilines is 3. The SMILES string of the molecule is Cc1cc(C)c(N(C)c2cccc(F)c2N)cc1C. The molecule has 0 aliphatic carbocycles. The Hall–Kier alpha value is -2.03. The monoisotopic (exact) mass is 258 g/mol. The molecule has 2 aromatic rings. The van der Waals surface area contributed by atoms with Gasteiger partial charge < -0.3 is 10.6 Å². The van der Waals surface area contributed by atoms with Gasteiger partial charge in [0.05, 0.1) is 11.4 Å². The third kappa shape index (κ3) is 2.41. The predicted octanol–water partition coefficient (Wildman–Crippen LogP) is 4.10. The number of hydrogen-bond acceptors (Lipinski definition) is 2. The second kappa shape index (κ2) is 4.92. The van der Waals surface area contributed by atoms with Crippen LogP contribution in [0.5, 0.6) is 0 Å². The summed E-state index contributed by atoms with van der Waals surface area (Å²) in [4.78, 5) is 1.93. The second-order valence-corrected chi connectivity index (χ2v) is 4.95. The Morgan fingerprint density at radius 3 is 2.26 bits per heavy atom. The van der Waals surface area contributed by atoms with E-state index in [1.165, 1.54) is 17.2 Å². The van der Waals surface area contributed by atoms with Crippen LogP contribution >= 0.6 is 0 Å². The van der Waals surface area contributed by atoms with Crippen LogP contribution in [0, 0.1) is 26.6 Å². The maximum Gasteiger partial charge on any atom is 0.148 e. The standard InChI is InChI=1S/C16H19FN2/c1-10-8-12(3)15(9-11(10)2)19(4)14-7-5-6-13(17)16(14)18/h5-9H,18H2,1-4H3. The van der Waals surface area contributed by atoms with E-state index in [9.17, 15) is 4.39 Å². The zero-order valence-corrected chi connectivity index (χ0v) is 11.8. The lowest BCUT2D eigenvalue weighted by Gasteiger charge is -2.24. The highest BCUT2D eigenvalue weighted by Gasteiger charge is 2.13. The van der Waals surface area contributed by atoms with Gasteiger partial charge in [-0.3, -0.25) is 0 Å². The van der Waals surface area contributed by atoms with E-state index in [0.717, 1.165) is 11.3 Å². The van der Waals surface area contributed by atoms with Gasteiger partial charge in [-0.15, -0.1) is 0 Å². The molecule has 0 atom stereocenters. The Labute approximate surface area is 113 Å². The zero-order valence-electron chi connectivity index (χ0n) is 11.8. The number of halogens is 1. The molecule has 19 heavy (non-hydrogen) atoms. The third-order valence-corrected chi connectivity index (χ3v) is 3.56. The Bertz CT molecular complexity index is 620. The van der Waals surface area contributed by atoms with E-state index in [0.29, 0.717) is 5.69 Å². The summed E-state index contributed by atoms with van der Waals surface area (Å²) in [6.07, 6.45) is 0. The van der Waals surface area contributed by atoms with Gasteiger partial charge in [-0.25, -0.2) is 4.39 Å². The summed E-state index contributed by atoms with van der Waals surface area (Å²) in [6.45, 7) is 6.21. The first kappa shape index (κ1) is 13.4. The van der Waals surface area contributed by atoms with Crippen LogP contribution in [-0.4, -0.2) is 7.05 Å². The van der Waals surface area contributed by atoms with Crippen LogP contribution in [0.1, 0.15) is 16.7 Å². The van der Waals surface area contributed by atoms with Crippen LogP contribution < -0.4 is 10.6 Å². The lowest BCUT2D eigenvalue weighted by Crippen LogP contribution is -2.14. The normalized spacial score (nSPS) is 10.6. The van der Waals surface area contributed by atoms with Gasteiger partial charge in [0.15, 0.2) is 0 Å². The summed E-state index contributed by atoms with van der Waals surface area (Å²) in [7, 11) is 1.90. The predicted molar refractivity (Wildman–Crippen MR) is 79.5 cm³/mol. The molecule has 0 amide bonds. The first-order valence-corrected chi connectivity index (χ1v) is 6.27. The van der Waals surface area contributed by atoms with Crippen molar-refractivity contribution in [1.29, 1.82) is 0 Å². The average Bonchev–Trinajstić information content (AvgIpc) is 2.36. The summed E-state index contributed by atoms with van der Waals surface area (Å²) in [5.74, 6) is -0.383. The summed E-state index contributed by atoms with van der Waals surface area (Å²) < 4.78 is 13.5. The number of aryl methyl sites for hydroxylation is 3. The van der Waals surface area contributed by atoms with Gasteiger partial charge in [-0.05, 0) is 55.7 Å². The van der Waals surface area contributed by atoms with Gasteiger partial charge in [0.25, 0.3) is 0 Å². The van der Waals surface area contributed by atoms with E-state index in [1.54, 1.807) is 6.07 Å². The van der Waals surface area contributed by atoms with Crippen molar-refractivity contribution in [3.8, 4) is 0 Å².